The molecule has 4 rings (SSSR count). The zero-order valence-electron chi connectivity index (χ0n) is 13.3. The first kappa shape index (κ1) is 14.5. The van der Waals surface area contributed by atoms with Crippen LogP contribution >= 0.6 is 0 Å². The molecule has 0 bridgehead atoms. The summed E-state index contributed by atoms with van der Waals surface area (Å²) in [6, 6.07) is 12.4. The van der Waals surface area contributed by atoms with Crippen LogP contribution in [0.1, 0.15) is 53.4 Å². The lowest BCUT2D eigenvalue weighted by Gasteiger charge is -2.32. The van der Waals surface area contributed by atoms with Gasteiger partial charge in [-0.05, 0) is 43.6 Å². The Morgan fingerprint density at radius 2 is 2.04 bits per heavy atom. The van der Waals surface area contributed by atoms with Crippen LogP contribution in [-0.4, -0.2) is 29.1 Å². The number of hydrogen-bond acceptors (Lipinski definition) is 3. The fraction of sp³-hybridized carbons (Fsp3) is 0.474. The molecule has 1 saturated heterocycles. The number of aromatic nitrogens is 1. The molecule has 4 nitrogen and oxygen atoms in total. The van der Waals surface area contributed by atoms with Gasteiger partial charge < -0.3 is 9.42 Å². The molecule has 1 amide bonds. The standard InChI is InChI=1S/C19H22N2O2/c22-19(17-12-18(23-20-17)16-8-9-16)21-10-4-7-15(13-21)11-14-5-2-1-3-6-14/h1-3,5-6,12,15-16H,4,7-11,13H2/t15-/m0/s1. The number of amides is 1. The third-order valence-electron chi connectivity index (χ3n) is 4.90. The molecule has 0 spiro atoms. The molecule has 1 aliphatic heterocycles. The fourth-order valence-electron chi connectivity index (χ4n) is 3.48. The van der Waals surface area contributed by atoms with Crippen molar-refractivity contribution in [3.63, 3.8) is 0 Å². The summed E-state index contributed by atoms with van der Waals surface area (Å²) < 4.78 is 5.33. The average molecular weight is 310 g/mol. The number of carbonyl (C=O) groups excluding carboxylic acids is 1. The molecule has 1 atom stereocenters. The van der Waals surface area contributed by atoms with Crippen molar-refractivity contribution in [2.75, 3.05) is 13.1 Å². The molecular formula is C19H22N2O2. The van der Waals surface area contributed by atoms with Gasteiger partial charge in [-0.3, -0.25) is 4.79 Å². The maximum atomic E-state index is 12.7. The second kappa shape index (κ2) is 6.19. The first-order chi connectivity index (χ1) is 11.3. The van der Waals surface area contributed by atoms with E-state index in [1.165, 1.54) is 12.0 Å². The van der Waals surface area contributed by atoms with E-state index in [1.807, 2.05) is 17.0 Å². The minimum absolute atomic E-state index is 0.0263. The normalized spacial score (nSPS) is 21.4. The van der Waals surface area contributed by atoms with Crippen LogP contribution in [0.4, 0.5) is 0 Å². The van der Waals surface area contributed by atoms with Crippen molar-refractivity contribution in [2.45, 2.75) is 38.0 Å². The van der Waals surface area contributed by atoms with Crippen LogP contribution in [0.25, 0.3) is 0 Å². The molecule has 0 radical (unpaired) electrons. The highest BCUT2D eigenvalue weighted by molar-refractivity contribution is 5.92. The van der Waals surface area contributed by atoms with Crippen molar-refractivity contribution in [1.29, 1.82) is 0 Å². The fourth-order valence-corrected chi connectivity index (χ4v) is 3.48. The number of nitrogens with zero attached hydrogens (tertiary/aromatic N) is 2. The molecule has 1 saturated carbocycles. The quantitative estimate of drug-likeness (QED) is 0.866. The van der Waals surface area contributed by atoms with Crippen LogP contribution in [0.2, 0.25) is 0 Å². The van der Waals surface area contributed by atoms with Crippen LogP contribution in [0.5, 0.6) is 0 Å². The van der Waals surface area contributed by atoms with E-state index in [4.69, 9.17) is 4.52 Å². The highest BCUT2D eigenvalue weighted by Gasteiger charge is 2.31. The Morgan fingerprint density at radius 1 is 1.22 bits per heavy atom. The summed E-state index contributed by atoms with van der Waals surface area (Å²) in [6.45, 7) is 1.65. The molecule has 120 valence electrons. The molecule has 2 aromatic rings. The number of rotatable bonds is 4. The molecule has 1 aromatic heterocycles. The summed E-state index contributed by atoms with van der Waals surface area (Å²) in [5.74, 6) is 1.94. The third kappa shape index (κ3) is 3.31. The zero-order valence-corrected chi connectivity index (χ0v) is 13.3. The van der Waals surface area contributed by atoms with E-state index >= 15 is 0 Å². The van der Waals surface area contributed by atoms with Crippen LogP contribution in [-0.2, 0) is 6.42 Å². The van der Waals surface area contributed by atoms with Gasteiger partial charge in [0, 0.05) is 25.1 Å². The summed E-state index contributed by atoms with van der Waals surface area (Å²) in [4.78, 5) is 14.6. The van der Waals surface area contributed by atoms with Crippen molar-refractivity contribution >= 4 is 5.91 Å². The summed E-state index contributed by atoms with van der Waals surface area (Å²) in [5.41, 5.74) is 1.83. The average Bonchev–Trinajstić information content (AvgIpc) is 3.33. The molecule has 2 fully saturated rings. The molecule has 23 heavy (non-hydrogen) atoms. The topological polar surface area (TPSA) is 46.3 Å². The van der Waals surface area contributed by atoms with Gasteiger partial charge in [-0.1, -0.05) is 35.5 Å². The van der Waals surface area contributed by atoms with Crippen molar-refractivity contribution in [1.82, 2.24) is 10.1 Å². The molecule has 2 heterocycles. The Kier molecular flexibility index (Phi) is 3.90. The smallest absolute Gasteiger partial charge is 0.276 e. The van der Waals surface area contributed by atoms with Gasteiger partial charge >= 0.3 is 0 Å². The summed E-state index contributed by atoms with van der Waals surface area (Å²) >= 11 is 0. The maximum absolute atomic E-state index is 12.7. The lowest BCUT2D eigenvalue weighted by Crippen LogP contribution is -2.40. The highest BCUT2D eigenvalue weighted by atomic mass is 16.5. The Morgan fingerprint density at radius 3 is 2.83 bits per heavy atom. The van der Waals surface area contributed by atoms with Crippen molar-refractivity contribution in [3.8, 4) is 0 Å². The van der Waals surface area contributed by atoms with Crippen LogP contribution < -0.4 is 0 Å². The SMILES string of the molecule is O=C(c1cc(C2CC2)on1)N1CCC[C@@H](Cc2ccccc2)C1. The van der Waals surface area contributed by atoms with E-state index in [0.29, 0.717) is 17.5 Å². The Labute approximate surface area is 136 Å². The Balaban J connectivity index is 1.40. The van der Waals surface area contributed by atoms with Gasteiger partial charge in [-0.25, -0.2) is 0 Å². The molecule has 1 aliphatic carbocycles. The third-order valence-corrected chi connectivity index (χ3v) is 4.90. The van der Waals surface area contributed by atoms with Gasteiger partial charge in [0.15, 0.2) is 5.69 Å². The maximum Gasteiger partial charge on any atom is 0.276 e. The van der Waals surface area contributed by atoms with Crippen molar-refractivity contribution in [2.24, 2.45) is 5.92 Å². The predicted octanol–water partition coefficient (Wildman–Crippen LogP) is 3.65. The van der Waals surface area contributed by atoms with E-state index in [-0.39, 0.29) is 5.91 Å². The molecule has 0 unspecified atom stereocenters. The summed E-state index contributed by atoms with van der Waals surface area (Å²) in [5, 5.41) is 4.00. The number of likely N-dealkylation sites (tertiary alicyclic amines) is 1. The van der Waals surface area contributed by atoms with E-state index in [9.17, 15) is 4.79 Å². The first-order valence-corrected chi connectivity index (χ1v) is 8.59. The zero-order chi connectivity index (χ0) is 15.6. The minimum Gasteiger partial charge on any atom is -0.360 e. The summed E-state index contributed by atoms with van der Waals surface area (Å²) in [6.07, 6.45) is 5.61. The molecule has 0 N–H and O–H groups in total. The summed E-state index contributed by atoms with van der Waals surface area (Å²) in [7, 11) is 0. The monoisotopic (exact) mass is 310 g/mol. The van der Waals surface area contributed by atoms with Gasteiger partial charge in [-0.2, -0.15) is 0 Å². The van der Waals surface area contributed by atoms with Crippen molar-refractivity contribution < 1.29 is 9.32 Å². The number of piperidine rings is 1. The lowest BCUT2D eigenvalue weighted by atomic mass is 9.91. The number of hydrogen-bond donors (Lipinski definition) is 0. The largest absolute Gasteiger partial charge is 0.360 e. The Hall–Kier alpha value is -2.10. The van der Waals surface area contributed by atoms with E-state index in [2.05, 4.69) is 29.4 Å². The van der Waals surface area contributed by atoms with Crippen LogP contribution in [0.3, 0.4) is 0 Å². The van der Waals surface area contributed by atoms with Crippen LogP contribution in [0, 0.1) is 5.92 Å². The van der Waals surface area contributed by atoms with Crippen molar-refractivity contribution in [3.05, 3.63) is 53.4 Å². The van der Waals surface area contributed by atoms with E-state index < -0.39 is 0 Å². The van der Waals surface area contributed by atoms with Gasteiger partial charge in [-0.15, -0.1) is 0 Å². The first-order valence-electron chi connectivity index (χ1n) is 8.59. The molecule has 1 aromatic carbocycles. The van der Waals surface area contributed by atoms with Gasteiger partial charge in [0.25, 0.3) is 5.91 Å². The minimum atomic E-state index is 0.0263. The molecular weight excluding hydrogens is 288 g/mol. The lowest BCUT2D eigenvalue weighted by molar-refractivity contribution is 0.0663. The highest BCUT2D eigenvalue weighted by Crippen LogP contribution is 2.40. The van der Waals surface area contributed by atoms with E-state index in [1.54, 1.807) is 0 Å². The van der Waals surface area contributed by atoms with E-state index in [0.717, 1.165) is 44.5 Å². The van der Waals surface area contributed by atoms with Gasteiger partial charge in [0.1, 0.15) is 5.76 Å². The molecule has 4 heteroatoms. The van der Waals surface area contributed by atoms with Gasteiger partial charge in [0.05, 0.1) is 0 Å². The molecule has 2 aliphatic rings. The number of carbonyl (C=O) groups is 1. The predicted molar refractivity (Wildman–Crippen MR) is 87.3 cm³/mol. The second-order valence-electron chi connectivity index (χ2n) is 6.84. The van der Waals surface area contributed by atoms with Gasteiger partial charge in [0.2, 0.25) is 0 Å². The Bertz CT molecular complexity index is 676. The van der Waals surface area contributed by atoms with Crippen LogP contribution in [0.15, 0.2) is 40.9 Å². The second-order valence-corrected chi connectivity index (χ2v) is 6.84. The number of benzene rings is 1.